The van der Waals surface area contributed by atoms with E-state index in [4.69, 9.17) is 26.4 Å². The molecule has 1 fully saturated rings. The van der Waals surface area contributed by atoms with Crippen LogP contribution < -0.4 is 10.6 Å². The fourth-order valence-electron chi connectivity index (χ4n) is 9.17. The number of ether oxygens (including phenoxy) is 3. The maximum Gasteiger partial charge on any atom is 0.328 e. The van der Waals surface area contributed by atoms with Crippen molar-refractivity contribution >= 4 is 58.6 Å². The summed E-state index contributed by atoms with van der Waals surface area (Å²) in [6.07, 6.45) is 5.74. The van der Waals surface area contributed by atoms with E-state index < -0.39 is 53.7 Å². The minimum Gasteiger partial charge on any atom is -0.467 e. The molecule has 1 aromatic rings. The van der Waals surface area contributed by atoms with E-state index in [1.807, 2.05) is 74.9 Å². The summed E-state index contributed by atoms with van der Waals surface area (Å²) in [5.41, 5.74) is -0.428. The Kier molecular flexibility index (Phi) is 22.0. The monoisotopic (exact) mass is 941 g/mol. The Bertz CT molecular complexity index is 1860. The molecule has 0 radical (unpaired) electrons. The average molecular weight is 941 g/mol. The van der Waals surface area contributed by atoms with E-state index in [-0.39, 0.29) is 66.8 Å². The van der Waals surface area contributed by atoms with Gasteiger partial charge in [-0.25, -0.2) is 4.79 Å². The van der Waals surface area contributed by atoms with Gasteiger partial charge in [0.2, 0.25) is 17.7 Å². The summed E-state index contributed by atoms with van der Waals surface area (Å²) in [6.45, 7) is 13.8. The zero-order valence-electron chi connectivity index (χ0n) is 41.3. The Morgan fingerprint density at radius 3 is 2.12 bits per heavy atom. The van der Waals surface area contributed by atoms with E-state index in [2.05, 4.69) is 17.6 Å². The average Bonchev–Trinajstić information content (AvgIpc) is 3.90. The Balaban J connectivity index is 1.70. The number of likely N-dealkylation sites (N-methyl/N-ethyl adjacent to an activating group) is 2. The van der Waals surface area contributed by atoms with Crippen LogP contribution in [-0.4, -0.2) is 156 Å². The van der Waals surface area contributed by atoms with Gasteiger partial charge in [-0.1, -0.05) is 90.0 Å². The minimum atomic E-state index is -1.38. The summed E-state index contributed by atoms with van der Waals surface area (Å²) in [4.78, 5) is 98.9. The number of carbonyl (C=O) groups excluding carboxylic acids is 7. The molecule has 1 aromatic carbocycles. The second kappa shape index (κ2) is 26.1. The van der Waals surface area contributed by atoms with E-state index in [0.717, 1.165) is 18.4 Å². The van der Waals surface area contributed by atoms with Crippen LogP contribution in [0.4, 0.5) is 0 Å². The molecule has 2 heterocycles. The number of benzene rings is 1. The number of hydrogen-bond acceptors (Lipinski definition) is 12. The van der Waals surface area contributed by atoms with Crippen LogP contribution in [0.2, 0.25) is 0 Å². The Hall–Kier alpha value is -4.58. The highest BCUT2D eigenvalue weighted by Gasteiger charge is 2.44. The summed E-state index contributed by atoms with van der Waals surface area (Å²) in [6, 6.07) is 7.37. The Morgan fingerprint density at radius 1 is 0.924 bits per heavy atom. The number of nitrogens with one attached hydrogen (secondary N) is 2. The van der Waals surface area contributed by atoms with Crippen molar-refractivity contribution in [3.05, 3.63) is 48.0 Å². The summed E-state index contributed by atoms with van der Waals surface area (Å²) < 4.78 is 17.3. The third kappa shape index (κ3) is 14.5. The number of carbonyl (C=O) groups is 7. The van der Waals surface area contributed by atoms with Crippen molar-refractivity contribution in [3.8, 4) is 0 Å². The number of unbranched alkanes of at least 4 members (excludes halogenated alkanes) is 2. The highest BCUT2D eigenvalue weighted by atomic mass is 32.1. The molecule has 0 bridgehead atoms. The van der Waals surface area contributed by atoms with Gasteiger partial charge in [0, 0.05) is 71.3 Å². The molecule has 17 heteroatoms. The van der Waals surface area contributed by atoms with E-state index >= 15 is 0 Å². The first-order valence-corrected chi connectivity index (χ1v) is 23.7. The summed E-state index contributed by atoms with van der Waals surface area (Å²) in [7, 11) is 7.87. The summed E-state index contributed by atoms with van der Waals surface area (Å²) in [5.74, 6) is -3.35. The molecular formula is C49H76N6O10S. The van der Waals surface area contributed by atoms with Gasteiger partial charge in [-0.2, -0.15) is 0 Å². The van der Waals surface area contributed by atoms with Gasteiger partial charge < -0.3 is 29.3 Å². The molecule has 0 spiro atoms. The van der Waals surface area contributed by atoms with Gasteiger partial charge in [0.05, 0.1) is 42.8 Å². The lowest BCUT2D eigenvalue weighted by molar-refractivity contribution is -0.148. The number of esters is 1. The molecule has 8 atom stereocenters. The first-order chi connectivity index (χ1) is 31.2. The molecule has 66 heavy (non-hydrogen) atoms. The van der Waals surface area contributed by atoms with Gasteiger partial charge in [0.15, 0.2) is 0 Å². The van der Waals surface area contributed by atoms with Gasteiger partial charge in [0.1, 0.15) is 11.6 Å². The standard InChI is InChI=1S/C49H76N6O10S/c1-13-32(4)43(52(8)42(31(2)3)45(60)51-48(62)49(6,7)53(9)38(56)24-18-15-19-27-55-39(57)25-26-40(55)58)37(63-10)30-41(59)54-28-20-23-36(54)44(64-11)33(5)46(66)50-35(47(61)65-12)29-34-21-16-14-17-22-34/h14,16-17,21-22,25-26,31-33,35-37,42-44H,13,15,18-20,23-24,27-30H2,1-12H3,(H,50,66)(H,51,60,62)/t32-,33+,35-,36-,37+,42-,43-,44+/m0/s1. The highest BCUT2D eigenvalue weighted by Crippen LogP contribution is 2.31. The first kappa shape index (κ1) is 55.7. The molecule has 6 amide bonds. The smallest absolute Gasteiger partial charge is 0.328 e. The Labute approximate surface area is 397 Å². The predicted molar refractivity (Wildman–Crippen MR) is 256 cm³/mol. The summed E-state index contributed by atoms with van der Waals surface area (Å²) >= 11 is 5.87. The van der Waals surface area contributed by atoms with Gasteiger partial charge in [-0.15, -0.1) is 0 Å². The molecule has 0 aliphatic carbocycles. The zero-order chi connectivity index (χ0) is 49.5. The van der Waals surface area contributed by atoms with Crippen molar-refractivity contribution in [1.29, 1.82) is 0 Å². The number of rotatable bonds is 26. The van der Waals surface area contributed by atoms with Gasteiger partial charge >= 0.3 is 5.97 Å². The SMILES string of the molecule is CC[C@H](C)[C@@H]([C@@H](CC(=O)N1CCC[C@H]1[C@H](OC)[C@@H](C)C(=S)N[C@@H](Cc1ccccc1)C(=O)OC)OC)N(C)[C@H](C(=O)NC(=O)C(C)(C)N(C)C(=O)CCCCCN1C(=O)C=CC1=O)C(C)C. The van der Waals surface area contributed by atoms with Crippen molar-refractivity contribution in [2.45, 2.75) is 148 Å². The van der Waals surface area contributed by atoms with Crippen molar-refractivity contribution in [2.75, 3.05) is 48.5 Å². The van der Waals surface area contributed by atoms with Crippen LogP contribution in [0.15, 0.2) is 42.5 Å². The van der Waals surface area contributed by atoms with Crippen LogP contribution in [0.25, 0.3) is 0 Å². The quantitative estimate of drug-likeness (QED) is 0.0575. The topological polar surface area (TPSA) is 184 Å². The lowest BCUT2D eigenvalue weighted by Crippen LogP contribution is -2.62. The number of amides is 6. The highest BCUT2D eigenvalue weighted by molar-refractivity contribution is 7.80. The number of methoxy groups -OCH3 is 3. The molecule has 2 N–H and O–H groups in total. The van der Waals surface area contributed by atoms with Crippen molar-refractivity contribution in [3.63, 3.8) is 0 Å². The first-order valence-electron chi connectivity index (χ1n) is 23.3. The fraction of sp³-hybridized carbons (Fsp3) is 0.673. The lowest BCUT2D eigenvalue weighted by atomic mass is 9.87. The molecule has 368 valence electrons. The number of imide groups is 2. The van der Waals surface area contributed by atoms with Gasteiger partial charge in [-0.3, -0.25) is 43.9 Å². The van der Waals surface area contributed by atoms with Gasteiger partial charge in [-0.05, 0) is 64.0 Å². The normalized spacial score (nSPS) is 18.4. The van der Waals surface area contributed by atoms with Crippen LogP contribution in [-0.2, 0) is 54.2 Å². The number of thiocarbonyl (C=S) groups is 1. The maximum atomic E-state index is 14.5. The molecule has 0 aromatic heterocycles. The van der Waals surface area contributed by atoms with Crippen LogP contribution >= 0.6 is 12.2 Å². The van der Waals surface area contributed by atoms with Crippen molar-refractivity contribution in [2.24, 2.45) is 17.8 Å². The minimum absolute atomic E-state index is 0.0262. The van der Waals surface area contributed by atoms with Crippen molar-refractivity contribution in [1.82, 2.24) is 30.2 Å². The second-order valence-corrected chi connectivity index (χ2v) is 19.0. The largest absolute Gasteiger partial charge is 0.467 e. The fourth-order valence-corrected chi connectivity index (χ4v) is 9.45. The van der Waals surface area contributed by atoms with Crippen LogP contribution in [0.1, 0.15) is 105 Å². The van der Waals surface area contributed by atoms with E-state index in [1.165, 1.54) is 36.1 Å². The third-order valence-corrected chi connectivity index (χ3v) is 14.0. The molecule has 2 aliphatic rings. The number of hydrogen-bond donors (Lipinski definition) is 2. The number of nitrogens with zero attached hydrogens (tertiary/aromatic N) is 4. The Morgan fingerprint density at radius 2 is 1.56 bits per heavy atom. The van der Waals surface area contributed by atoms with Crippen molar-refractivity contribution < 1.29 is 47.8 Å². The van der Waals surface area contributed by atoms with E-state index in [9.17, 15) is 33.6 Å². The van der Waals surface area contributed by atoms with Crippen LogP contribution in [0, 0.1) is 17.8 Å². The number of likely N-dealkylation sites (tertiary alicyclic amines) is 1. The molecule has 16 nitrogen and oxygen atoms in total. The molecule has 1 saturated heterocycles. The van der Waals surface area contributed by atoms with Crippen LogP contribution in [0.5, 0.6) is 0 Å². The molecular weight excluding hydrogens is 865 g/mol. The zero-order valence-corrected chi connectivity index (χ0v) is 42.1. The molecule has 2 aliphatic heterocycles. The van der Waals surface area contributed by atoms with Gasteiger partial charge in [0.25, 0.3) is 17.7 Å². The molecule has 0 saturated carbocycles. The van der Waals surface area contributed by atoms with Crippen LogP contribution in [0.3, 0.4) is 0 Å². The molecule has 0 unspecified atom stereocenters. The van der Waals surface area contributed by atoms with E-state index in [1.54, 1.807) is 28.1 Å². The lowest BCUT2D eigenvalue weighted by Gasteiger charge is -2.43. The molecule has 3 rings (SSSR count). The second-order valence-electron chi connectivity index (χ2n) is 18.6. The third-order valence-electron chi connectivity index (χ3n) is 13.5. The predicted octanol–water partition coefficient (Wildman–Crippen LogP) is 4.47. The maximum absolute atomic E-state index is 14.5. The summed E-state index contributed by atoms with van der Waals surface area (Å²) in [5, 5.41) is 5.83. The van der Waals surface area contributed by atoms with E-state index in [0.29, 0.717) is 43.6 Å².